The molecule has 0 radical (unpaired) electrons. The van der Waals surface area contributed by atoms with Crippen molar-refractivity contribution in [3.63, 3.8) is 0 Å². The molecule has 0 fully saturated rings. The van der Waals surface area contributed by atoms with Gasteiger partial charge in [0.25, 0.3) is 0 Å². The van der Waals surface area contributed by atoms with E-state index in [9.17, 15) is 4.79 Å². The number of hydrogen-bond acceptors (Lipinski definition) is 3. The van der Waals surface area contributed by atoms with Gasteiger partial charge in [-0.3, -0.25) is 4.79 Å². The van der Waals surface area contributed by atoms with Gasteiger partial charge in [0, 0.05) is 24.4 Å². The minimum absolute atomic E-state index is 0.00355. The third-order valence-electron chi connectivity index (χ3n) is 3.91. The normalized spacial score (nSPS) is 20.0. The van der Waals surface area contributed by atoms with Gasteiger partial charge in [0.2, 0.25) is 5.56 Å². The third kappa shape index (κ3) is 3.91. The molecule has 106 valence electrons. The van der Waals surface area contributed by atoms with Crippen molar-refractivity contribution in [1.82, 2.24) is 10.3 Å². The van der Waals surface area contributed by atoms with Crippen LogP contribution in [-0.2, 0) is 6.42 Å². The van der Waals surface area contributed by atoms with Crippen molar-refractivity contribution in [2.24, 2.45) is 5.92 Å². The fourth-order valence-electron chi connectivity index (χ4n) is 2.73. The zero-order chi connectivity index (χ0) is 13.7. The number of fused-ring (bicyclic) bond motifs is 1. The number of H-pyrrole nitrogens is 1. The van der Waals surface area contributed by atoms with E-state index < -0.39 is 0 Å². The number of hydrogen-bond donors (Lipinski definition) is 3. The van der Waals surface area contributed by atoms with Crippen molar-refractivity contribution in [2.75, 3.05) is 13.2 Å². The predicted molar refractivity (Wildman–Crippen MR) is 76.2 cm³/mol. The summed E-state index contributed by atoms with van der Waals surface area (Å²) in [5.74, 6) is 0.386. The van der Waals surface area contributed by atoms with Crippen LogP contribution in [0.15, 0.2) is 16.9 Å². The summed E-state index contributed by atoms with van der Waals surface area (Å²) < 4.78 is 0. The topological polar surface area (TPSA) is 65.1 Å². The molecule has 0 saturated carbocycles. The number of aliphatic hydroxyl groups is 1. The maximum atomic E-state index is 11.3. The lowest BCUT2D eigenvalue weighted by Crippen LogP contribution is -2.28. The molecule has 2 rings (SSSR count). The molecular formula is C15H24N2O2. The first-order valence-corrected chi connectivity index (χ1v) is 7.27. The van der Waals surface area contributed by atoms with Gasteiger partial charge in [-0.15, -0.1) is 0 Å². The molecule has 0 aromatic carbocycles. The Balaban J connectivity index is 1.87. The van der Waals surface area contributed by atoms with E-state index in [2.05, 4.69) is 17.2 Å². The number of pyridine rings is 1. The molecule has 19 heavy (non-hydrogen) atoms. The van der Waals surface area contributed by atoms with Crippen LogP contribution in [0.3, 0.4) is 0 Å². The average molecular weight is 264 g/mol. The van der Waals surface area contributed by atoms with Crippen molar-refractivity contribution in [3.8, 4) is 0 Å². The molecule has 4 heteroatoms. The third-order valence-corrected chi connectivity index (χ3v) is 3.91. The predicted octanol–water partition coefficient (Wildman–Crippen LogP) is 1.75. The lowest BCUT2D eigenvalue weighted by molar-refractivity contribution is 0.227. The van der Waals surface area contributed by atoms with E-state index in [4.69, 9.17) is 5.11 Å². The summed E-state index contributed by atoms with van der Waals surface area (Å²) in [4.78, 5) is 14.3. The van der Waals surface area contributed by atoms with Gasteiger partial charge in [0.1, 0.15) is 0 Å². The quantitative estimate of drug-likeness (QED) is 0.686. The first-order chi connectivity index (χ1) is 9.20. The Morgan fingerprint density at radius 1 is 1.53 bits per heavy atom. The van der Waals surface area contributed by atoms with Crippen LogP contribution in [0.5, 0.6) is 0 Å². The Bertz CT molecular complexity index is 456. The van der Waals surface area contributed by atoms with Crippen LogP contribution in [0, 0.1) is 5.92 Å². The number of aromatic nitrogens is 1. The monoisotopic (exact) mass is 264 g/mol. The van der Waals surface area contributed by atoms with Gasteiger partial charge in [0.05, 0.1) is 0 Å². The Labute approximate surface area is 114 Å². The summed E-state index contributed by atoms with van der Waals surface area (Å²) >= 11 is 0. The van der Waals surface area contributed by atoms with E-state index in [-0.39, 0.29) is 12.2 Å². The molecule has 0 bridgehead atoms. The highest BCUT2D eigenvalue weighted by Gasteiger charge is 2.19. The van der Waals surface area contributed by atoms with Gasteiger partial charge in [-0.1, -0.05) is 13.0 Å². The van der Waals surface area contributed by atoms with Gasteiger partial charge in [-0.05, 0) is 50.1 Å². The van der Waals surface area contributed by atoms with E-state index in [0.29, 0.717) is 12.0 Å². The zero-order valence-corrected chi connectivity index (χ0v) is 11.6. The van der Waals surface area contributed by atoms with Gasteiger partial charge in [0.15, 0.2) is 0 Å². The number of aromatic amines is 1. The standard InChI is InChI=1S/C15H24N2O2/c1-11(10-18)4-3-9-16-13-5-2-6-14-12(13)7-8-15(19)17-14/h7-8,11,13,16,18H,2-6,9-10H2,1H3,(H,17,19). The van der Waals surface area contributed by atoms with Crippen molar-refractivity contribution in [3.05, 3.63) is 33.7 Å². The maximum Gasteiger partial charge on any atom is 0.248 e. The lowest BCUT2D eigenvalue weighted by Gasteiger charge is -2.26. The van der Waals surface area contributed by atoms with E-state index in [0.717, 1.165) is 44.3 Å². The Morgan fingerprint density at radius 2 is 2.37 bits per heavy atom. The molecule has 1 aromatic rings. The molecular weight excluding hydrogens is 240 g/mol. The molecule has 4 nitrogen and oxygen atoms in total. The van der Waals surface area contributed by atoms with E-state index in [1.165, 1.54) is 5.56 Å². The Morgan fingerprint density at radius 3 is 3.16 bits per heavy atom. The fraction of sp³-hybridized carbons (Fsp3) is 0.667. The zero-order valence-electron chi connectivity index (χ0n) is 11.6. The second-order valence-electron chi connectivity index (χ2n) is 5.59. The highest BCUT2D eigenvalue weighted by molar-refractivity contribution is 5.26. The van der Waals surface area contributed by atoms with Crippen LogP contribution < -0.4 is 10.9 Å². The number of aryl methyl sites for hydroxylation is 1. The summed E-state index contributed by atoms with van der Waals surface area (Å²) in [5, 5.41) is 12.6. The first-order valence-electron chi connectivity index (χ1n) is 7.27. The highest BCUT2D eigenvalue weighted by Crippen LogP contribution is 2.27. The molecule has 1 heterocycles. The summed E-state index contributed by atoms with van der Waals surface area (Å²) in [6.45, 7) is 3.31. The Hall–Kier alpha value is -1.13. The average Bonchev–Trinajstić information content (AvgIpc) is 2.42. The fourth-order valence-corrected chi connectivity index (χ4v) is 2.73. The summed E-state index contributed by atoms with van der Waals surface area (Å²) in [5.41, 5.74) is 2.34. The van der Waals surface area contributed by atoms with Gasteiger partial charge < -0.3 is 15.4 Å². The molecule has 0 amide bonds. The summed E-state index contributed by atoms with van der Waals surface area (Å²) in [7, 11) is 0. The second-order valence-corrected chi connectivity index (χ2v) is 5.59. The van der Waals surface area contributed by atoms with Crippen LogP contribution in [0.25, 0.3) is 0 Å². The van der Waals surface area contributed by atoms with Gasteiger partial charge in [-0.25, -0.2) is 0 Å². The largest absolute Gasteiger partial charge is 0.396 e. The highest BCUT2D eigenvalue weighted by atomic mass is 16.3. The lowest BCUT2D eigenvalue weighted by atomic mass is 9.91. The molecule has 2 unspecified atom stereocenters. The molecule has 0 aliphatic heterocycles. The minimum atomic E-state index is -0.00355. The molecule has 1 aliphatic carbocycles. The van der Waals surface area contributed by atoms with Crippen molar-refractivity contribution in [2.45, 2.75) is 45.1 Å². The molecule has 1 aromatic heterocycles. The molecule has 0 spiro atoms. The van der Waals surface area contributed by atoms with Crippen LogP contribution in [0.2, 0.25) is 0 Å². The van der Waals surface area contributed by atoms with Crippen molar-refractivity contribution in [1.29, 1.82) is 0 Å². The molecule has 1 aliphatic rings. The van der Waals surface area contributed by atoms with Gasteiger partial charge in [-0.2, -0.15) is 0 Å². The van der Waals surface area contributed by atoms with E-state index in [1.54, 1.807) is 6.07 Å². The molecule has 3 N–H and O–H groups in total. The van der Waals surface area contributed by atoms with Crippen LogP contribution in [0.4, 0.5) is 0 Å². The van der Waals surface area contributed by atoms with Crippen molar-refractivity contribution < 1.29 is 5.11 Å². The minimum Gasteiger partial charge on any atom is -0.396 e. The van der Waals surface area contributed by atoms with Crippen molar-refractivity contribution >= 4 is 0 Å². The van der Waals surface area contributed by atoms with Gasteiger partial charge >= 0.3 is 0 Å². The van der Waals surface area contributed by atoms with E-state index >= 15 is 0 Å². The molecule has 0 saturated heterocycles. The van der Waals surface area contributed by atoms with Crippen LogP contribution in [-0.4, -0.2) is 23.2 Å². The molecule has 2 atom stereocenters. The smallest absolute Gasteiger partial charge is 0.248 e. The number of nitrogens with one attached hydrogen (secondary N) is 2. The number of rotatable bonds is 6. The van der Waals surface area contributed by atoms with Crippen LogP contribution in [0.1, 0.15) is 49.9 Å². The van der Waals surface area contributed by atoms with Crippen LogP contribution >= 0.6 is 0 Å². The Kier molecular flexibility index (Phi) is 5.16. The first kappa shape index (κ1) is 14.3. The maximum absolute atomic E-state index is 11.3. The number of aliphatic hydroxyl groups excluding tert-OH is 1. The SMILES string of the molecule is CC(CO)CCCNC1CCCc2[nH]c(=O)ccc21. The van der Waals surface area contributed by atoms with E-state index in [1.807, 2.05) is 6.07 Å². The summed E-state index contributed by atoms with van der Waals surface area (Å²) in [6, 6.07) is 3.94. The summed E-state index contributed by atoms with van der Waals surface area (Å²) in [6.07, 6.45) is 5.36. The second kappa shape index (κ2) is 6.87.